The molecule has 24 heavy (non-hydrogen) atoms. The molecule has 2 saturated heterocycles. The molecule has 4 rings (SSSR count). The molecule has 1 unspecified atom stereocenters. The maximum Gasteiger partial charge on any atom is 0.325 e. The lowest BCUT2D eigenvalue weighted by atomic mass is 10.1. The predicted molar refractivity (Wildman–Crippen MR) is 83.5 cm³/mol. The van der Waals surface area contributed by atoms with Crippen molar-refractivity contribution in [1.82, 2.24) is 25.0 Å². The Morgan fingerprint density at radius 2 is 2.08 bits per heavy atom. The Kier molecular flexibility index (Phi) is 3.73. The van der Waals surface area contributed by atoms with Gasteiger partial charge in [-0.25, -0.2) is 14.5 Å². The second-order valence-electron chi connectivity index (χ2n) is 5.83. The number of nitrogens with one attached hydrogen (secondary N) is 1. The minimum Gasteiger partial charge on any atom is -0.381 e. The van der Waals surface area contributed by atoms with Gasteiger partial charge in [-0.15, -0.1) is 0 Å². The molecule has 1 N–H and O–H groups in total. The lowest BCUT2D eigenvalue weighted by molar-refractivity contribution is -0.125. The van der Waals surface area contributed by atoms with Crippen LogP contribution in [0.25, 0.3) is 5.69 Å². The van der Waals surface area contributed by atoms with Crippen LogP contribution in [-0.2, 0) is 16.1 Å². The molecule has 1 aromatic heterocycles. The number of benzene rings is 1. The molecule has 3 heterocycles. The van der Waals surface area contributed by atoms with Crippen LogP contribution in [-0.4, -0.2) is 51.4 Å². The Balaban J connectivity index is 1.70. The summed E-state index contributed by atoms with van der Waals surface area (Å²) in [5.74, 6) is 1.15. The lowest BCUT2D eigenvalue weighted by Crippen LogP contribution is -2.31. The quantitative estimate of drug-likeness (QED) is 0.840. The van der Waals surface area contributed by atoms with E-state index >= 15 is 0 Å². The van der Waals surface area contributed by atoms with Crippen LogP contribution >= 0.6 is 0 Å². The first-order valence-corrected chi connectivity index (χ1v) is 7.89. The molecule has 0 saturated carbocycles. The van der Waals surface area contributed by atoms with E-state index in [1.54, 1.807) is 4.68 Å². The molecular weight excluding hydrogens is 310 g/mol. The van der Waals surface area contributed by atoms with Crippen molar-refractivity contribution < 1.29 is 14.3 Å². The molecular formula is C16H17N5O3. The van der Waals surface area contributed by atoms with Crippen molar-refractivity contribution in [3.63, 3.8) is 0 Å². The highest BCUT2D eigenvalue weighted by atomic mass is 16.5. The Bertz CT molecular complexity index is 751. The summed E-state index contributed by atoms with van der Waals surface area (Å²) < 4.78 is 7.12. The highest BCUT2D eigenvalue weighted by Crippen LogP contribution is 2.24. The normalized spacial score (nSPS) is 20.7. The van der Waals surface area contributed by atoms with Crippen molar-refractivity contribution >= 4 is 11.9 Å². The van der Waals surface area contributed by atoms with Gasteiger partial charge in [0.05, 0.1) is 25.4 Å². The predicted octanol–water partition coefficient (Wildman–Crippen LogP) is 0.823. The summed E-state index contributed by atoms with van der Waals surface area (Å²) in [6, 6.07) is 9.18. The average molecular weight is 327 g/mol. The zero-order valence-electron chi connectivity index (χ0n) is 13.0. The summed E-state index contributed by atoms with van der Waals surface area (Å²) >= 11 is 0. The first-order chi connectivity index (χ1) is 11.7. The van der Waals surface area contributed by atoms with Gasteiger partial charge in [0.1, 0.15) is 0 Å². The number of carbonyl (C=O) groups excluding carboxylic acids is 2. The number of urea groups is 1. The second-order valence-corrected chi connectivity index (χ2v) is 5.83. The van der Waals surface area contributed by atoms with Gasteiger partial charge >= 0.3 is 6.03 Å². The van der Waals surface area contributed by atoms with Crippen LogP contribution in [0.3, 0.4) is 0 Å². The number of rotatable bonds is 4. The molecule has 8 nitrogen and oxygen atoms in total. The largest absolute Gasteiger partial charge is 0.381 e. The molecule has 3 amide bonds. The second kappa shape index (κ2) is 6.04. The first-order valence-electron chi connectivity index (χ1n) is 7.89. The summed E-state index contributed by atoms with van der Waals surface area (Å²) in [7, 11) is 0. The van der Waals surface area contributed by atoms with E-state index in [0.717, 1.165) is 12.1 Å². The van der Waals surface area contributed by atoms with Gasteiger partial charge in [0.25, 0.3) is 0 Å². The van der Waals surface area contributed by atoms with Crippen LogP contribution in [0.1, 0.15) is 24.0 Å². The van der Waals surface area contributed by atoms with Gasteiger partial charge in [-0.1, -0.05) is 18.2 Å². The van der Waals surface area contributed by atoms with Crippen molar-refractivity contribution in [1.29, 1.82) is 0 Å². The SMILES string of the molecule is O=C1CNC(=O)N1Cc1nc(C2CCOC2)nn1-c1ccccc1. The fourth-order valence-electron chi connectivity index (χ4n) is 2.91. The monoisotopic (exact) mass is 327 g/mol. The summed E-state index contributed by atoms with van der Waals surface area (Å²) in [5, 5.41) is 7.13. The minimum atomic E-state index is -0.395. The molecule has 0 aliphatic carbocycles. The zero-order valence-corrected chi connectivity index (χ0v) is 13.0. The molecule has 0 radical (unpaired) electrons. The topological polar surface area (TPSA) is 89.3 Å². The summed E-state index contributed by atoms with van der Waals surface area (Å²) in [5.41, 5.74) is 0.845. The van der Waals surface area contributed by atoms with Crippen molar-refractivity contribution in [2.75, 3.05) is 19.8 Å². The maximum atomic E-state index is 11.9. The van der Waals surface area contributed by atoms with Gasteiger partial charge in [0, 0.05) is 12.5 Å². The summed E-state index contributed by atoms with van der Waals surface area (Å²) in [4.78, 5) is 29.4. The smallest absolute Gasteiger partial charge is 0.325 e. The molecule has 1 aromatic carbocycles. The Hall–Kier alpha value is -2.74. The number of hydrogen-bond donors (Lipinski definition) is 1. The molecule has 0 bridgehead atoms. The van der Waals surface area contributed by atoms with E-state index in [4.69, 9.17) is 4.74 Å². The van der Waals surface area contributed by atoms with E-state index in [-0.39, 0.29) is 24.9 Å². The number of nitrogens with zero attached hydrogens (tertiary/aromatic N) is 4. The van der Waals surface area contributed by atoms with Crippen LogP contribution in [0.5, 0.6) is 0 Å². The third-order valence-electron chi connectivity index (χ3n) is 4.22. The third kappa shape index (κ3) is 2.65. The van der Waals surface area contributed by atoms with Crippen LogP contribution in [0, 0.1) is 0 Å². The molecule has 2 aliphatic rings. The molecule has 2 aromatic rings. The fraction of sp³-hybridized carbons (Fsp3) is 0.375. The van der Waals surface area contributed by atoms with Crippen molar-refractivity contribution in [3.05, 3.63) is 42.0 Å². The number of ether oxygens (including phenoxy) is 1. The van der Waals surface area contributed by atoms with E-state index in [1.807, 2.05) is 30.3 Å². The number of aromatic nitrogens is 3. The van der Waals surface area contributed by atoms with Gasteiger partial charge < -0.3 is 10.1 Å². The van der Waals surface area contributed by atoms with Gasteiger partial charge in [-0.2, -0.15) is 5.10 Å². The highest BCUT2D eigenvalue weighted by molar-refractivity contribution is 6.01. The first kappa shape index (κ1) is 14.8. The zero-order chi connectivity index (χ0) is 16.5. The van der Waals surface area contributed by atoms with E-state index in [9.17, 15) is 9.59 Å². The molecule has 2 fully saturated rings. The average Bonchev–Trinajstić information content (AvgIpc) is 3.32. The Morgan fingerprint density at radius 1 is 1.25 bits per heavy atom. The van der Waals surface area contributed by atoms with E-state index in [2.05, 4.69) is 15.4 Å². The third-order valence-corrected chi connectivity index (χ3v) is 4.22. The van der Waals surface area contributed by atoms with Crippen molar-refractivity contribution in [3.8, 4) is 5.69 Å². The van der Waals surface area contributed by atoms with Crippen LogP contribution in [0.4, 0.5) is 4.79 Å². The summed E-state index contributed by atoms with van der Waals surface area (Å²) in [6.07, 6.45) is 0.876. The minimum absolute atomic E-state index is 0.0294. The molecule has 0 spiro atoms. The van der Waals surface area contributed by atoms with Crippen LogP contribution in [0.15, 0.2) is 30.3 Å². The maximum absolute atomic E-state index is 11.9. The number of carbonyl (C=O) groups is 2. The van der Waals surface area contributed by atoms with Crippen LogP contribution < -0.4 is 5.32 Å². The Morgan fingerprint density at radius 3 is 2.75 bits per heavy atom. The molecule has 124 valence electrons. The highest BCUT2D eigenvalue weighted by Gasteiger charge is 2.31. The number of amides is 3. The van der Waals surface area contributed by atoms with E-state index in [1.165, 1.54) is 4.90 Å². The van der Waals surface area contributed by atoms with Crippen molar-refractivity contribution in [2.24, 2.45) is 0 Å². The summed E-state index contributed by atoms with van der Waals surface area (Å²) in [6.45, 7) is 1.43. The fourth-order valence-corrected chi connectivity index (χ4v) is 2.91. The van der Waals surface area contributed by atoms with E-state index < -0.39 is 6.03 Å². The lowest BCUT2D eigenvalue weighted by Gasteiger charge is -2.12. The van der Waals surface area contributed by atoms with Crippen LogP contribution in [0.2, 0.25) is 0 Å². The number of para-hydroxylation sites is 1. The van der Waals surface area contributed by atoms with Gasteiger partial charge in [0.15, 0.2) is 11.6 Å². The van der Waals surface area contributed by atoms with E-state index in [0.29, 0.717) is 24.9 Å². The molecule has 8 heteroatoms. The Labute approximate surface area is 138 Å². The van der Waals surface area contributed by atoms with Crippen molar-refractivity contribution in [2.45, 2.75) is 18.9 Å². The molecule has 1 atom stereocenters. The number of imide groups is 1. The standard InChI is InChI=1S/C16H17N5O3/c22-14-8-17-16(23)20(14)9-13-18-15(11-6-7-24-10-11)19-21(13)12-4-2-1-3-5-12/h1-5,11H,6-10H2,(H,17,23). The van der Waals surface area contributed by atoms with Gasteiger partial charge in [0.2, 0.25) is 5.91 Å². The number of hydrogen-bond acceptors (Lipinski definition) is 5. The van der Waals surface area contributed by atoms with Gasteiger partial charge in [-0.3, -0.25) is 9.69 Å². The molecule has 2 aliphatic heterocycles. The van der Waals surface area contributed by atoms with Gasteiger partial charge in [-0.05, 0) is 18.6 Å².